The Hall–Kier alpha value is -3.56. The maximum absolute atomic E-state index is 13.4. The Balaban J connectivity index is 2.31. The molecule has 0 atom stereocenters. The van der Waals surface area contributed by atoms with Gasteiger partial charge in [-0.1, -0.05) is 0 Å². The largest absolute Gasteiger partial charge is 0.384 e. The standard InChI is InChI=1S/C13H7FN4O5/c14-7-2-1-5(3-8(7)18(22)23)17-9(19)4-6-10(11(17)15)13(21)16-12(6)20/h1-4H,15H2,(H,16,20,21). The molecule has 1 aliphatic heterocycles. The molecule has 0 bridgehead atoms. The normalized spacial score (nSPS) is 12.9. The zero-order valence-corrected chi connectivity index (χ0v) is 11.2. The Morgan fingerprint density at radius 3 is 2.52 bits per heavy atom. The van der Waals surface area contributed by atoms with Crippen LogP contribution in [0.2, 0.25) is 0 Å². The van der Waals surface area contributed by atoms with E-state index in [1.807, 2.05) is 5.32 Å². The molecule has 0 unspecified atom stereocenters. The highest BCUT2D eigenvalue weighted by molar-refractivity contribution is 6.23. The van der Waals surface area contributed by atoms with Crippen LogP contribution in [-0.2, 0) is 0 Å². The van der Waals surface area contributed by atoms with Crippen LogP contribution in [-0.4, -0.2) is 21.3 Å². The highest BCUT2D eigenvalue weighted by atomic mass is 19.1. The average Bonchev–Trinajstić information content (AvgIpc) is 2.75. The minimum absolute atomic E-state index is 0.101. The molecule has 1 aromatic heterocycles. The van der Waals surface area contributed by atoms with Crippen molar-refractivity contribution < 1.29 is 18.9 Å². The SMILES string of the molecule is Nc1c2c(cc(=O)n1-c1ccc(F)c([N+](=O)[O-])c1)C(=O)NC2=O. The Morgan fingerprint density at radius 2 is 1.87 bits per heavy atom. The summed E-state index contributed by atoms with van der Waals surface area (Å²) in [5, 5.41) is 12.8. The second kappa shape index (κ2) is 4.73. The maximum Gasteiger partial charge on any atom is 0.306 e. The summed E-state index contributed by atoms with van der Waals surface area (Å²) in [7, 11) is 0. The van der Waals surface area contributed by atoms with Crippen LogP contribution in [0.5, 0.6) is 0 Å². The van der Waals surface area contributed by atoms with Crippen molar-refractivity contribution in [2.45, 2.75) is 0 Å². The van der Waals surface area contributed by atoms with Crippen LogP contribution in [0.15, 0.2) is 29.1 Å². The van der Waals surface area contributed by atoms with Crippen LogP contribution >= 0.6 is 0 Å². The number of pyridine rings is 1. The van der Waals surface area contributed by atoms with Gasteiger partial charge in [-0.15, -0.1) is 0 Å². The molecule has 9 nitrogen and oxygen atoms in total. The van der Waals surface area contributed by atoms with Crippen molar-refractivity contribution in [1.82, 2.24) is 9.88 Å². The number of amides is 2. The third kappa shape index (κ3) is 2.04. The summed E-state index contributed by atoms with van der Waals surface area (Å²) in [6.45, 7) is 0. The molecular weight excluding hydrogens is 311 g/mol. The first-order valence-electron chi connectivity index (χ1n) is 6.16. The van der Waals surface area contributed by atoms with Gasteiger partial charge in [-0.05, 0) is 12.1 Å². The Kier molecular flexibility index (Phi) is 2.96. The molecule has 0 radical (unpaired) electrons. The quantitative estimate of drug-likeness (QED) is 0.465. The zero-order valence-electron chi connectivity index (χ0n) is 11.2. The van der Waals surface area contributed by atoms with Crippen molar-refractivity contribution in [3.05, 3.63) is 61.7 Å². The predicted molar refractivity (Wildman–Crippen MR) is 74.9 cm³/mol. The molecule has 23 heavy (non-hydrogen) atoms. The fourth-order valence-corrected chi connectivity index (χ4v) is 2.33. The van der Waals surface area contributed by atoms with Gasteiger partial charge in [0.15, 0.2) is 0 Å². The lowest BCUT2D eigenvalue weighted by atomic mass is 10.1. The number of carbonyl (C=O) groups is 2. The molecule has 10 heteroatoms. The molecule has 0 saturated heterocycles. The van der Waals surface area contributed by atoms with Crippen LogP contribution in [0.25, 0.3) is 5.69 Å². The number of nitrogens with zero attached hydrogens (tertiary/aromatic N) is 2. The van der Waals surface area contributed by atoms with Gasteiger partial charge in [0.1, 0.15) is 5.82 Å². The van der Waals surface area contributed by atoms with Gasteiger partial charge in [0.25, 0.3) is 17.4 Å². The van der Waals surface area contributed by atoms with Crippen molar-refractivity contribution in [3.8, 4) is 5.69 Å². The van der Waals surface area contributed by atoms with Gasteiger partial charge in [-0.3, -0.25) is 34.4 Å². The number of nitrogens with two attached hydrogens (primary N) is 1. The lowest BCUT2D eigenvalue weighted by Gasteiger charge is -2.11. The van der Waals surface area contributed by atoms with E-state index < -0.39 is 33.8 Å². The number of anilines is 1. The van der Waals surface area contributed by atoms with E-state index >= 15 is 0 Å². The van der Waals surface area contributed by atoms with Gasteiger partial charge in [0, 0.05) is 12.1 Å². The first-order chi connectivity index (χ1) is 10.8. The van der Waals surface area contributed by atoms with Gasteiger partial charge in [-0.25, -0.2) is 0 Å². The van der Waals surface area contributed by atoms with Crippen LogP contribution < -0.4 is 16.6 Å². The molecule has 3 rings (SSSR count). The van der Waals surface area contributed by atoms with Gasteiger partial charge in [0.2, 0.25) is 5.82 Å². The van der Waals surface area contributed by atoms with Crippen molar-refractivity contribution >= 4 is 23.3 Å². The third-order valence-corrected chi connectivity index (χ3v) is 3.34. The van der Waals surface area contributed by atoms with E-state index in [9.17, 15) is 28.9 Å². The van der Waals surface area contributed by atoms with E-state index in [-0.39, 0.29) is 22.6 Å². The van der Waals surface area contributed by atoms with Crippen molar-refractivity contribution in [3.63, 3.8) is 0 Å². The van der Waals surface area contributed by atoms with E-state index in [0.717, 1.165) is 28.8 Å². The van der Waals surface area contributed by atoms with Crippen molar-refractivity contribution in [2.24, 2.45) is 0 Å². The first kappa shape index (κ1) is 14.4. The number of rotatable bonds is 2. The van der Waals surface area contributed by atoms with Gasteiger partial charge in [0.05, 0.1) is 21.7 Å². The van der Waals surface area contributed by atoms with Crippen molar-refractivity contribution in [1.29, 1.82) is 0 Å². The molecule has 1 aromatic carbocycles. The summed E-state index contributed by atoms with van der Waals surface area (Å²) < 4.78 is 14.2. The maximum atomic E-state index is 13.4. The number of carbonyl (C=O) groups excluding carboxylic acids is 2. The van der Waals surface area contributed by atoms with E-state index in [1.54, 1.807) is 0 Å². The number of imide groups is 1. The minimum Gasteiger partial charge on any atom is -0.384 e. The number of nitro groups is 1. The van der Waals surface area contributed by atoms with E-state index in [2.05, 4.69) is 0 Å². The monoisotopic (exact) mass is 318 g/mol. The van der Waals surface area contributed by atoms with Crippen LogP contribution in [0.4, 0.5) is 15.9 Å². The predicted octanol–water partition coefficient (Wildman–Crippen LogP) is 0.351. The van der Waals surface area contributed by atoms with Gasteiger partial charge >= 0.3 is 5.69 Å². The lowest BCUT2D eigenvalue weighted by molar-refractivity contribution is -0.387. The number of nitrogens with one attached hydrogen (secondary N) is 1. The number of nitrogen functional groups attached to an aromatic ring is 1. The second-order valence-electron chi connectivity index (χ2n) is 4.67. The topological polar surface area (TPSA) is 137 Å². The summed E-state index contributed by atoms with van der Waals surface area (Å²) in [6.07, 6.45) is 0. The smallest absolute Gasteiger partial charge is 0.306 e. The van der Waals surface area contributed by atoms with Crippen LogP contribution in [0.1, 0.15) is 20.7 Å². The fourth-order valence-electron chi connectivity index (χ4n) is 2.33. The summed E-state index contributed by atoms with van der Waals surface area (Å²) in [5.74, 6) is -2.99. The Morgan fingerprint density at radius 1 is 1.17 bits per heavy atom. The van der Waals surface area contributed by atoms with E-state index in [4.69, 9.17) is 5.73 Å². The van der Waals surface area contributed by atoms with E-state index in [1.165, 1.54) is 0 Å². The van der Waals surface area contributed by atoms with Gasteiger partial charge < -0.3 is 5.73 Å². The number of nitro benzene ring substituents is 1. The molecular formula is C13H7FN4O5. The van der Waals surface area contributed by atoms with Crippen LogP contribution in [0, 0.1) is 15.9 Å². The molecule has 0 fully saturated rings. The number of aromatic nitrogens is 1. The molecule has 2 amide bonds. The molecule has 1 aliphatic rings. The Labute approximate surface area is 126 Å². The number of hydrogen-bond acceptors (Lipinski definition) is 6. The zero-order chi connectivity index (χ0) is 16.9. The fraction of sp³-hybridized carbons (Fsp3) is 0. The summed E-state index contributed by atoms with van der Waals surface area (Å²) in [5.41, 5.74) is 3.65. The number of benzene rings is 1. The van der Waals surface area contributed by atoms with E-state index in [0.29, 0.717) is 0 Å². The number of hydrogen-bond donors (Lipinski definition) is 2. The highest BCUT2D eigenvalue weighted by Gasteiger charge is 2.32. The average molecular weight is 318 g/mol. The molecule has 0 saturated carbocycles. The second-order valence-corrected chi connectivity index (χ2v) is 4.67. The van der Waals surface area contributed by atoms with Gasteiger partial charge in [-0.2, -0.15) is 4.39 Å². The molecule has 2 heterocycles. The lowest BCUT2D eigenvalue weighted by Crippen LogP contribution is -2.24. The van der Waals surface area contributed by atoms with Crippen LogP contribution in [0.3, 0.4) is 0 Å². The number of fused-ring (bicyclic) bond motifs is 1. The molecule has 116 valence electrons. The molecule has 0 aliphatic carbocycles. The van der Waals surface area contributed by atoms with Crippen molar-refractivity contribution in [2.75, 3.05) is 5.73 Å². The summed E-state index contributed by atoms with van der Waals surface area (Å²) >= 11 is 0. The highest BCUT2D eigenvalue weighted by Crippen LogP contribution is 2.25. The summed E-state index contributed by atoms with van der Waals surface area (Å²) in [4.78, 5) is 45.3. The molecule has 3 N–H and O–H groups in total. The third-order valence-electron chi connectivity index (χ3n) is 3.34. The first-order valence-corrected chi connectivity index (χ1v) is 6.16. The molecule has 2 aromatic rings. The Bertz CT molecular complexity index is 966. The number of halogens is 1. The summed E-state index contributed by atoms with van der Waals surface area (Å²) in [6, 6.07) is 3.61. The minimum atomic E-state index is -1.08. The molecule has 0 spiro atoms.